The molecule has 1 aromatic carbocycles. The monoisotopic (exact) mass is 406 g/mol. The zero-order valence-corrected chi connectivity index (χ0v) is 15.0. The van der Waals surface area contributed by atoms with E-state index in [0.29, 0.717) is 10.9 Å². The second kappa shape index (κ2) is 7.27. The summed E-state index contributed by atoms with van der Waals surface area (Å²) in [6, 6.07) is 6.17. The Morgan fingerprint density at radius 1 is 1.32 bits per heavy atom. The molecule has 0 saturated carbocycles. The molecule has 2 amide bonds. The van der Waals surface area contributed by atoms with Crippen molar-refractivity contribution >= 4 is 44.7 Å². The van der Waals surface area contributed by atoms with Crippen molar-refractivity contribution in [3.8, 4) is 0 Å². The number of carbonyl (C=O) groups excluding carboxylic acids is 2. The fraction of sp³-hybridized carbons (Fsp3) is 0.118. The van der Waals surface area contributed by atoms with Gasteiger partial charge in [0.2, 0.25) is 0 Å². The summed E-state index contributed by atoms with van der Waals surface area (Å²) in [4.78, 5) is 38.5. The van der Waals surface area contributed by atoms with Gasteiger partial charge in [0, 0.05) is 23.1 Å². The predicted molar refractivity (Wildman–Crippen MR) is 98.9 cm³/mol. The standard InChI is InChI=1S/C17H12F2N4O4S/c1-7-5-10(14(18)19)21-17-11(7)12(13(28-17)15(20)24)22-16(25)8-3-2-4-9(6-8)23(26)27/h2-6,14H,1H3,(H2,20,24)(H,22,25). The van der Waals surface area contributed by atoms with Gasteiger partial charge in [-0.25, -0.2) is 13.8 Å². The molecule has 3 aromatic rings. The third-order valence-corrected chi connectivity index (χ3v) is 4.98. The van der Waals surface area contributed by atoms with Crippen LogP contribution in [0.15, 0.2) is 30.3 Å². The number of alkyl halides is 2. The summed E-state index contributed by atoms with van der Waals surface area (Å²) in [5, 5.41) is 13.7. The van der Waals surface area contributed by atoms with Crippen LogP contribution in [0.5, 0.6) is 0 Å². The van der Waals surface area contributed by atoms with E-state index in [1.54, 1.807) is 0 Å². The number of amides is 2. The number of thiophene rings is 1. The summed E-state index contributed by atoms with van der Waals surface area (Å²) in [6.07, 6.45) is -2.80. The lowest BCUT2D eigenvalue weighted by molar-refractivity contribution is -0.384. The first-order valence-electron chi connectivity index (χ1n) is 7.76. The minimum atomic E-state index is -2.80. The Kier molecular flexibility index (Phi) is 5.01. The zero-order valence-electron chi connectivity index (χ0n) is 14.2. The fourth-order valence-corrected chi connectivity index (χ4v) is 3.72. The van der Waals surface area contributed by atoms with Crippen LogP contribution in [0.4, 0.5) is 20.2 Å². The average molecular weight is 406 g/mol. The number of nitro groups is 1. The Morgan fingerprint density at radius 2 is 2.04 bits per heavy atom. The maximum absolute atomic E-state index is 13.0. The largest absolute Gasteiger partial charge is 0.365 e. The molecule has 11 heteroatoms. The molecule has 28 heavy (non-hydrogen) atoms. The summed E-state index contributed by atoms with van der Waals surface area (Å²) in [5.41, 5.74) is 5.02. The van der Waals surface area contributed by atoms with E-state index in [1.807, 2.05) is 0 Å². The van der Waals surface area contributed by atoms with Crippen molar-refractivity contribution in [3.05, 3.63) is 62.1 Å². The van der Waals surface area contributed by atoms with Crippen molar-refractivity contribution in [3.63, 3.8) is 0 Å². The molecule has 0 saturated heterocycles. The Balaban J connectivity index is 2.10. The number of halogens is 2. The van der Waals surface area contributed by atoms with Gasteiger partial charge in [-0.05, 0) is 24.6 Å². The highest BCUT2D eigenvalue weighted by Crippen LogP contribution is 2.38. The number of nitrogens with one attached hydrogen (secondary N) is 1. The van der Waals surface area contributed by atoms with Crippen molar-refractivity contribution in [1.82, 2.24) is 4.98 Å². The number of hydrogen-bond donors (Lipinski definition) is 2. The van der Waals surface area contributed by atoms with Crippen LogP contribution in [0.25, 0.3) is 10.2 Å². The molecule has 3 rings (SSSR count). The van der Waals surface area contributed by atoms with Crippen molar-refractivity contribution in [2.75, 3.05) is 5.32 Å². The molecule has 0 aliphatic rings. The van der Waals surface area contributed by atoms with Crippen molar-refractivity contribution in [2.45, 2.75) is 13.3 Å². The summed E-state index contributed by atoms with van der Waals surface area (Å²) in [5.74, 6) is -1.58. The van der Waals surface area contributed by atoms with Crippen LogP contribution in [-0.2, 0) is 0 Å². The van der Waals surface area contributed by atoms with Gasteiger partial charge in [0.05, 0.1) is 10.6 Å². The number of nitro benzene ring substituents is 1. The SMILES string of the molecule is Cc1cc(C(F)F)nc2sc(C(N)=O)c(NC(=O)c3cccc([N+](=O)[O-])c3)c12. The highest BCUT2D eigenvalue weighted by atomic mass is 32.1. The van der Waals surface area contributed by atoms with E-state index in [2.05, 4.69) is 10.3 Å². The lowest BCUT2D eigenvalue weighted by atomic mass is 10.1. The molecule has 2 aromatic heterocycles. The first-order valence-corrected chi connectivity index (χ1v) is 8.58. The van der Waals surface area contributed by atoms with E-state index >= 15 is 0 Å². The minimum absolute atomic E-state index is 0.0150. The highest BCUT2D eigenvalue weighted by molar-refractivity contribution is 7.21. The number of primary amides is 1. The lowest BCUT2D eigenvalue weighted by Crippen LogP contribution is -2.17. The van der Waals surface area contributed by atoms with Crippen LogP contribution < -0.4 is 11.1 Å². The summed E-state index contributed by atoms with van der Waals surface area (Å²) >= 11 is 0.781. The van der Waals surface area contributed by atoms with Crippen LogP contribution in [0, 0.1) is 17.0 Å². The number of benzene rings is 1. The summed E-state index contributed by atoms with van der Waals surface area (Å²) in [7, 11) is 0. The third-order valence-electron chi connectivity index (χ3n) is 3.88. The van der Waals surface area contributed by atoms with E-state index < -0.39 is 28.9 Å². The molecule has 3 N–H and O–H groups in total. The van der Waals surface area contributed by atoms with Gasteiger partial charge in [0.15, 0.2) is 0 Å². The fourth-order valence-electron chi connectivity index (χ4n) is 2.66. The lowest BCUT2D eigenvalue weighted by Gasteiger charge is -2.08. The van der Waals surface area contributed by atoms with Gasteiger partial charge in [-0.1, -0.05) is 6.07 Å². The van der Waals surface area contributed by atoms with Gasteiger partial charge < -0.3 is 11.1 Å². The van der Waals surface area contributed by atoms with Crippen molar-refractivity contribution in [1.29, 1.82) is 0 Å². The zero-order chi connectivity index (χ0) is 20.6. The van der Waals surface area contributed by atoms with Crippen LogP contribution in [0.3, 0.4) is 0 Å². The molecule has 0 aliphatic heterocycles. The predicted octanol–water partition coefficient (Wildman–Crippen LogP) is 3.80. The number of hydrogen-bond acceptors (Lipinski definition) is 6. The topological polar surface area (TPSA) is 128 Å². The number of fused-ring (bicyclic) bond motifs is 1. The van der Waals surface area contributed by atoms with Gasteiger partial charge >= 0.3 is 0 Å². The molecule has 2 heterocycles. The van der Waals surface area contributed by atoms with E-state index in [0.717, 1.165) is 23.5 Å². The van der Waals surface area contributed by atoms with Crippen LogP contribution >= 0.6 is 11.3 Å². The molecule has 144 valence electrons. The Morgan fingerprint density at radius 3 is 2.64 bits per heavy atom. The third kappa shape index (κ3) is 3.51. The Hall–Kier alpha value is -3.47. The molecular formula is C17H12F2N4O4S. The second-order valence-corrected chi connectivity index (χ2v) is 6.78. The molecule has 0 bridgehead atoms. The van der Waals surface area contributed by atoms with Crippen molar-refractivity contribution < 1.29 is 23.3 Å². The van der Waals surface area contributed by atoms with Gasteiger partial charge in [-0.15, -0.1) is 11.3 Å². The molecule has 0 spiro atoms. The van der Waals surface area contributed by atoms with Crippen molar-refractivity contribution in [2.24, 2.45) is 5.73 Å². The van der Waals surface area contributed by atoms with Gasteiger partial charge in [-0.2, -0.15) is 0 Å². The number of pyridine rings is 1. The van der Waals surface area contributed by atoms with Crippen LogP contribution in [-0.4, -0.2) is 21.7 Å². The van der Waals surface area contributed by atoms with Gasteiger partial charge in [0.1, 0.15) is 15.4 Å². The van der Waals surface area contributed by atoms with Gasteiger partial charge in [-0.3, -0.25) is 19.7 Å². The highest BCUT2D eigenvalue weighted by Gasteiger charge is 2.23. The van der Waals surface area contributed by atoms with E-state index in [9.17, 15) is 28.5 Å². The van der Waals surface area contributed by atoms with E-state index in [4.69, 9.17) is 5.73 Å². The van der Waals surface area contributed by atoms with Gasteiger partial charge in [0.25, 0.3) is 23.9 Å². The second-order valence-electron chi connectivity index (χ2n) is 5.78. The number of anilines is 1. The first-order chi connectivity index (χ1) is 13.2. The number of nitrogens with two attached hydrogens (primary N) is 1. The number of nitrogens with zero attached hydrogens (tertiary/aromatic N) is 2. The van der Waals surface area contributed by atoms with E-state index in [-0.39, 0.29) is 26.6 Å². The van der Waals surface area contributed by atoms with E-state index in [1.165, 1.54) is 25.1 Å². The molecule has 8 nitrogen and oxygen atoms in total. The number of aromatic nitrogens is 1. The molecule has 0 atom stereocenters. The molecule has 0 aliphatic carbocycles. The number of non-ortho nitro benzene ring substituents is 1. The normalized spacial score (nSPS) is 11.0. The smallest absolute Gasteiger partial charge is 0.280 e. The summed E-state index contributed by atoms with van der Waals surface area (Å²) < 4.78 is 26.0. The Labute approximate surface area is 160 Å². The Bertz CT molecular complexity index is 1130. The molecular weight excluding hydrogens is 394 g/mol. The maximum Gasteiger partial charge on any atom is 0.280 e. The van der Waals surface area contributed by atoms with Crippen LogP contribution in [0.2, 0.25) is 0 Å². The number of carbonyl (C=O) groups is 2. The quantitative estimate of drug-likeness (QED) is 0.492. The minimum Gasteiger partial charge on any atom is -0.365 e. The van der Waals surface area contributed by atoms with Crippen LogP contribution in [0.1, 0.15) is 37.7 Å². The average Bonchev–Trinajstić information content (AvgIpc) is 3.00. The molecule has 0 radical (unpaired) electrons. The molecule has 0 unspecified atom stereocenters. The first kappa shape index (κ1) is 19.3. The maximum atomic E-state index is 13.0. The number of rotatable bonds is 5. The molecule has 0 fully saturated rings. The summed E-state index contributed by atoms with van der Waals surface area (Å²) in [6.45, 7) is 1.54. The number of aryl methyl sites for hydroxylation is 1.